The predicted molar refractivity (Wildman–Crippen MR) is 99.7 cm³/mol. The minimum Gasteiger partial charge on any atom is -0.448 e. The highest BCUT2D eigenvalue weighted by Gasteiger charge is 2.23. The van der Waals surface area contributed by atoms with E-state index < -0.39 is 12.1 Å². The minimum atomic E-state index is -0.930. The third-order valence-corrected chi connectivity index (χ3v) is 4.78. The molecule has 1 aromatic carbocycles. The van der Waals surface area contributed by atoms with Crippen LogP contribution in [0.2, 0.25) is 0 Å². The summed E-state index contributed by atoms with van der Waals surface area (Å²) in [6, 6.07) is 9.99. The summed E-state index contributed by atoms with van der Waals surface area (Å²) in [5.41, 5.74) is 2.35. The molecule has 0 unspecified atom stereocenters. The van der Waals surface area contributed by atoms with Gasteiger partial charge in [-0.1, -0.05) is 31.2 Å². The molecule has 2 rings (SSSR count). The van der Waals surface area contributed by atoms with Crippen LogP contribution in [0, 0.1) is 11.3 Å². The first-order valence-electron chi connectivity index (χ1n) is 8.34. The average Bonchev–Trinajstić information content (AvgIpc) is 3.15. The van der Waals surface area contributed by atoms with Crippen LogP contribution in [0.25, 0.3) is 10.6 Å². The molecule has 2 aromatic rings. The summed E-state index contributed by atoms with van der Waals surface area (Å²) in [6.45, 7) is 3.90. The fraction of sp³-hybridized carbons (Fsp3) is 0.368. The van der Waals surface area contributed by atoms with Crippen molar-refractivity contribution in [3.05, 3.63) is 40.9 Å². The van der Waals surface area contributed by atoms with E-state index in [0.717, 1.165) is 17.0 Å². The zero-order valence-corrected chi connectivity index (χ0v) is 15.9. The van der Waals surface area contributed by atoms with Gasteiger partial charge >= 0.3 is 5.97 Å². The van der Waals surface area contributed by atoms with Gasteiger partial charge in [-0.3, -0.25) is 4.79 Å². The van der Waals surface area contributed by atoms with Crippen LogP contribution in [0.4, 0.5) is 0 Å². The first kappa shape index (κ1) is 19.6. The molecule has 0 radical (unpaired) electrons. The highest BCUT2D eigenvalue weighted by molar-refractivity contribution is 7.13. The molecule has 0 bridgehead atoms. The Labute approximate surface area is 157 Å². The maximum absolute atomic E-state index is 12.2. The fourth-order valence-electron chi connectivity index (χ4n) is 2.29. The molecule has 1 amide bonds. The van der Waals surface area contributed by atoms with E-state index in [9.17, 15) is 9.59 Å². The number of ether oxygens (including phenoxy) is 1. The molecule has 1 aromatic heterocycles. The molecular formula is C19H21N3O3S. The predicted octanol–water partition coefficient (Wildman–Crippen LogP) is 3.29. The highest BCUT2D eigenvalue weighted by Crippen LogP contribution is 2.24. The summed E-state index contributed by atoms with van der Waals surface area (Å²) in [7, 11) is 1.57. The summed E-state index contributed by atoms with van der Waals surface area (Å²) in [4.78, 5) is 30.1. The Balaban J connectivity index is 2.00. The second kappa shape index (κ2) is 9.11. The lowest BCUT2D eigenvalue weighted by Gasteiger charge is -2.20. The van der Waals surface area contributed by atoms with Crippen molar-refractivity contribution in [3.63, 3.8) is 0 Å². The van der Waals surface area contributed by atoms with E-state index in [1.165, 1.54) is 28.7 Å². The summed E-state index contributed by atoms with van der Waals surface area (Å²) < 4.78 is 5.22. The summed E-state index contributed by atoms with van der Waals surface area (Å²) in [5.74, 6) is -0.980. The zero-order valence-electron chi connectivity index (χ0n) is 15.1. The first-order chi connectivity index (χ1) is 12.5. The van der Waals surface area contributed by atoms with Crippen LogP contribution in [-0.2, 0) is 16.0 Å². The van der Waals surface area contributed by atoms with Gasteiger partial charge < -0.3 is 9.64 Å². The van der Waals surface area contributed by atoms with Crippen molar-refractivity contribution < 1.29 is 14.3 Å². The maximum Gasteiger partial charge on any atom is 0.358 e. The number of amides is 1. The fourth-order valence-corrected chi connectivity index (χ4v) is 3.09. The van der Waals surface area contributed by atoms with Gasteiger partial charge in [0.2, 0.25) is 0 Å². The molecule has 0 aliphatic carbocycles. The topological polar surface area (TPSA) is 83.3 Å². The van der Waals surface area contributed by atoms with Gasteiger partial charge in [-0.2, -0.15) is 5.26 Å². The Bertz CT molecular complexity index is 808. The molecule has 1 heterocycles. The van der Waals surface area contributed by atoms with E-state index in [-0.39, 0.29) is 18.0 Å². The number of thiazole rings is 1. The number of aryl methyl sites for hydroxylation is 1. The minimum absolute atomic E-state index is 0.184. The summed E-state index contributed by atoms with van der Waals surface area (Å²) >= 11 is 1.35. The molecule has 26 heavy (non-hydrogen) atoms. The zero-order chi connectivity index (χ0) is 19.1. The number of rotatable bonds is 7. The Morgan fingerprint density at radius 2 is 2.04 bits per heavy atom. The number of nitriles is 1. The van der Waals surface area contributed by atoms with Crippen molar-refractivity contribution in [1.82, 2.24) is 9.88 Å². The number of esters is 1. The molecule has 0 N–H and O–H groups in total. The normalized spacial score (nSPS) is 11.5. The quantitative estimate of drug-likeness (QED) is 0.698. The molecule has 6 nitrogen and oxygen atoms in total. The summed E-state index contributed by atoms with van der Waals surface area (Å²) in [6.07, 6.45) is 0.264. The van der Waals surface area contributed by atoms with Crippen LogP contribution in [0.1, 0.15) is 36.3 Å². The van der Waals surface area contributed by atoms with E-state index in [4.69, 9.17) is 10.00 Å². The van der Waals surface area contributed by atoms with Crippen molar-refractivity contribution in [2.45, 2.75) is 32.8 Å². The van der Waals surface area contributed by atoms with Gasteiger partial charge in [0.15, 0.2) is 11.8 Å². The number of likely N-dealkylation sites (N-methyl/N-ethyl adjacent to an activating group) is 1. The SMILES string of the molecule is CCc1ccc(-c2nc(C(=O)O[C@@H](C)C(=O)N(C)CCC#N)cs2)cc1. The number of nitrogens with zero attached hydrogens (tertiary/aromatic N) is 3. The Kier molecular flexibility index (Phi) is 6.87. The monoisotopic (exact) mass is 371 g/mol. The Morgan fingerprint density at radius 1 is 1.35 bits per heavy atom. The molecule has 0 fully saturated rings. The van der Waals surface area contributed by atoms with Crippen molar-refractivity contribution in [2.75, 3.05) is 13.6 Å². The third kappa shape index (κ3) is 4.90. The van der Waals surface area contributed by atoms with Crippen LogP contribution in [0.3, 0.4) is 0 Å². The van der Waals surface area contributed by atoms with E-state index in [0.29, 0.717) is 6.54 Å². The number of aromatic nitrogens is 1. The van der Waals surface area contributed by atoms with Gasteiger partial charge in [0.05, 0.1) is 12.5 Å². The molecule has 0 aliphatic heterocycles. The third-order valence-electron chi connectivity index (χ3n) is 3.89. The molecule has 7 heteroatoms. The van der Waals surface area contributed by atoms with Crippen LogP contribution in [-0.4, -0.2) is 41.5 Å². The first-order valence-corrected chi connectivity index (χ1v) is 9.22. The van der Waals surface area contributed by atoms with E-state index >= 15 is 0 Å². The van der Waals surface area contributed by atoms with E-state index in [1.807, 2.05) is 30.3 Å². The van der Waals surface area contributed by atoms with Gasteiger partial charge in [-0.05, 0) is 18.9 Å². The van der Waals surface area contributed by atoms with E-state index in [2.05, 4.69) is 11.9 Å². The lowest BCUT2D eigenvalue weighted by molar-refractivity contribution is -0.138. The van der Waals surface area contributed by atoms with Crippen molar-refractivity contribution in [1.29, 1.82) is 5.26 Å². The number of carbonyl (C=O) groups excluding carboxylic acids is 2. The van der Waals surface area contributed by atoms with Gasteiger partial charge in [0, 0.05) is 24.5 Å². The van der Waals surface area contributed by atoms with E-state index in [1.54, 1.807) is 12.4 Å². The average molecular weight is 371 g/mol. The van der Waals surface area contributed by atoms with Gasteiger partial charge in [0.1, 0.15) is 5.01 Å². The van der Waals surface area contributed by atoms with Gasteiger partial charge in [0.25, 0.3) is 5.91 Å². The highest BCUT2D eigenvalue weighted by atomic mass is 32.1. The molecule has 0 aliphatic rings. The van der Waals surface area contributed by atoms with Crippen molar-refractivity contribution >= 4 is 23.2 Å². The second-order valence-electron chi connectivity index (χ2n) is 5.80. The van der Waals surface area contributed by atoms with Crippen LogP contribution >= 0.6 is 11.3 Å². The van der Waals surface area contributed by atoms with Gasteiger partial charge in [-0.15, -0.1) is 11.3 Å². The molecule has 0 spiro atoms. The Hall–Kier alpha value is -2.72. The summed E-state index contributed by atoms with van der Waals surface area (Å²) in [5, 5.41) is 10.9. The molecule has 1 atom stereocenters. The second-order valence-corrected chi connectivity index (χ2v) is 6.66. The standard InChI is InChI=1S/C19H21N3O3S/c1-4-14-6-8-15(9-7-14)17-21-16(12-26-17)19(24)25-13(2)18(23)22(3)11-5-10-20/h6-9,12-13H,4-5,11H2,1-3H3/t13-/m0/s1. The lowest BCUT2D eigenvalue weighted by Crippen LogP contribution is -2.37. The molecule has 136 valence electrons. The van der Waals surface area contributed by atoms with Crippen LogP contribution < -0.4 is 0 Å². The molecule has 0 saturated heterocycles. The lowest BCUT2D eigenvalue weighted by atomic mass is 10.1. The van der Waals surface area contributed by atoms with Crippen molar-refractivity contribution in [2.24, 2.45) is 0 Å². The molecular weight excluding hydrogens is 350 g/mol. The van der Waals surface area contributed by atoms with Crippen LogP contribution in [0.5, 0.6) is 0 Å². The van der Waals surface area contributed by atoms with Gasteiger partial charge in [-0.25, -0.2) is 9.78 Å². The number of hydrogen-bond acceptors (Lipinski definition) is 6. The molecule has 0 saturated carbocycles. The largest absolute Gasteiger partial charge is 0.448 e. The smallest absolute Gasteiger partial charge is 0.358 e. The Morgan fingerprint density at radius 3 is 2.65 bits per heavy atom. The maximum atomic E-state index is 12.2. The number of benzene rings is 1. The number of hydrogen-bond donors (Lipinski definition) is 0. The van der Waals surface area contributed by atoms with Crippen LogP contribution in [0.15, 0.2) is 29.6 Å². The number of carbonyl (C=O) groups is 2. The van der Waals surface area contributed by atoms with Crippen molar-refractivity contribution in [3.8, 4) is 16.6 Å².